The molecule has 2 aliphatic rings. The smallest absolute Gasteiger partial charge is 0.255 e. The molecule has 3 aromatic carbocycles. The van der Waals surface area contributed by atoms with E-state index in [9.17, 15) is 14.0 Å². The summed E-state index contributed by atoms with van der Waals surface area (Å²) in [5, 5.41) is 5.86. The van der Waals surface area contributed by atoms with Crippen molar-refractivity contribution in [2.75, 3.05) is 56.2 Å². The minimum atomic E-state index is -0.478. The second-order valence-electron chi connectivity index (χ2n) is 9.35. The van der Waals surface area contributed by atoms with E-state index in [4.69, 9.17) is 4.74 Å². The van der Waals surface area contributed by atoms with E-state index in [-0.39, 0.29) is 11.5 Å². The second-order valence-corrected chi connectivity index (χ2v) is 9.35. The Hall–Kier alpha value is -3.75. The van der Waals surface area contributed by atoms with Gasteiger partial charge in [-0.1, -0.05) is 30.3 Å². The molecule has 0 unspecified atom stereocenters. The summed E-state index contributed by atoms with van der Waals surface area (Å²) in [6.07, 6.45) is 0.895. The highest BCUT2D eigenvalue weighted by Gasteiger charge is 2.22. The lowest BCUT2D eigenvalue weighted by Crippen LogP contribution is -2.41. The number of nitrogens with one attached hydrogen (secondary N) is 2. The fraction of sp³-hybridized carbons (Fsp3) is 0.310. The summed E-state index contributed by atoms with van der Waals surface area (Å²) in [6, 6.07) is 19.3. The number of amides is 2. The molecule has 1 fully saturated rings. The largest absolute Gasteiger partial charge is 0.379 e. The number of morpholine rings is 1. The lowest BCUT2D eigenvalue weighted by molar-refractivity contribution is 0.0383. The van der Waals surface area contributed by atoms with Crippen LogP contribution < -0.4 is 15.5 Å². The van der Waals surface area contributed by atoms with Crippen LogP contribution in [0.1, 0.15) is 31.8 Å². The van der Waals surface area contributed by atoms with Gasteiger partial charge in [0.2, 0.25) is 0 Å². The molecule has 8 heteroatoms. The predicted molar refractivity (Wildman–Crippen MR) is 142 cm³/mol. The summed E-state index contributed by atoms with van der Waals surface area (Å²) in [5.74, 6) is -1.10. The number of halogens is 1. The molecule has 0 radical (unpaired) electrons. The van der Waals surface area contributed by atoms with Crippen molar-refractivity contribution >= 4 is 23.2 Å². The fourth-order valence-corrected chi connectivity index (χ4v) is 4.85. The first kappa shape index (κ1) is 24.9. The molecule has 1 saturated heterocycles. The van der Waals surface area contributed by atoms with Crippen molar-refractivity contribution in [1.29, 1.82) is 0 Å². The normalized spacial score (nSPS) is 15.6. The van der Waals surface area contributed by atoms with E-state index in [0.29, 0.717) is 37.6 Å². The van der Waals surface area contributed by atoms with Crippen LogP contribution in [-0.2, 0) is 17.7 Å². The molecule has 2 heterocycles. The van der Waals surface area contributed by atoms with E-state index in [2.05, 4.69) is 38.6 Å². The Balaban J connectivity index is 1.36. The quantitative estimate of drug-likeness (QED) is 0.516. The summed E-state index contributed by atoms with van der Waals surface area (Å²) < 4.78 is 19.0. The van der Waals surface area contributed by atoms with Crippen molar-refractivity contribution < 1.29 is 18.7 Å². The molecule has 0 atom stereocenters. The molecular formula is C29H31FN4O3. The van der Waals surface area contributed by atoms with Gasteiger partial charge in [0.15, 0.2) is 0 Å². The van der Waals surface area contributed by atoms with Crippen molar-refractivity contribution in [3.05, 3.63) is 94.8 Å². The Morgan fingerprint density at radius 2 is 1.70 bits per heavy atom. The van der Waals surface area contributed by atoms with Crippen LogP contribution in [0.5, 0.6) is 0 Å². The second kappa shape index (κ2) is 11.5. The maximum atomic E-state index is 13.6. The Morgan fingerprint density at radius 1 is 0.892 bits per heavy atom. The van der Waals surface area contributed by atoms with Crippen LogP contribution in [0, 0.1) is 5.82 Å². The number of ether oxygens (including phenoxy) is 1. The zero-order chi connectivity index (χ0) is 25.6. The topological polar surface area (TPSA) is 73.9 Å². The van der Waals surface area contributed by atoms with E-state index >= 15 is 0 Å². The lowest BCUT2D eigenvalue weighted by atomic mass is 9.98. The molecule has 2 N–H and O–H groups in total. The molecule has 0 bridgehead atoms. The van der Waals surface area contributed by atoms with Gasteiger partial charge < -0.3 is 20.3 Å². The zero-order valence-electron chi connectivity index (χ0n) is 20.7. The number of carbonyl (C=O) groups excluding carboxylic acids is 2. The van der Waals surface area contributed by atoms with Gasteiger partial charge in [-0.25, -0.2) is 4.39 Å². The molecular weight excluding hydrogens is 471 g/mol. The first-order valence-electron chi connectivity index (χ1n) is 12.7. The zero-order valence-corrected chi connectivity index (χ0v) is 20.7. The average molecular weight is 503 g/mol. The summed E-state index contributed by atoms with van der Waals surface area (Å²) >= 11 is 0. The van der Waals surface area contributed by atoms with Gasteiger partial charge in [-0.3, -0.25) is 14.5 Å². The molecule has 0 aromatic heterocycles. The third-order valence-electron chi connectivity index (χ3n) is 6.87. The van der Waals surface area contributed by atoms with Gasteiger partial charge in [0.1, 0.15) is 5.82 Å². The van der Waals surface area contributed by atoms with Gasteiger partial charge in [-0.05, 0) is 53.9 Å². The van der Waals surface area contributed by atoms with E-state index in [1.807, 2.05) is 12.1 Å². The van der Waals surface area contributed by atoms with Crippen molar-refractivity contribution in [3.63, 3.8) is 0 Å². The number of fused-ring (bicyclic) bond motifs is 1. The fourth-order valence-electron chi connectivity index (χ4n) is 4.85. The molecule has 3 aromatic rings. The first-order valence-corrected chi connectivity index (χ1v) is 12.7. The number of nitrogens with zero attached hydrogens (tertiary/aromatic N) is 2. The molecule has 192 valence electrons. The van der Waals surface area contributed by atoms with Crippen LogP contribution in [0.3, 0.4) is 0 Å². The van der Waals surface area contributed by atoms with E-state index in [0.717, 1.165) is 38.3 Å². The standard InChI is InChI=1S/C29H31FN4O3/c30-24-7-3-6-22(18-24)28(35)32-25-8-9-27(34-12-10-21-4-1-2-5-23(21)20-34)26(19-25)29(36)31-11-13-33-14-16-37-17-15-33/h1-9,18-19H,10-17,20H2,(H,31,36)(H,32,35). The molecule has 5 rings (SSSR count). The van der Waals surface area contributed by atoms with Gasteiger partial charge in [-0.2, -0.15) is 0 Å². The van der Waals surface area contributed by atoms with Crippen molar-refractivity contribution in [2.45, 2.75) is 13.0 Å². The van der Waals surface area contributed by atoms with Crippen molar-refractivity contribution in [2.24, 2.45) is 0 Å². The molecule has 7 nitrogen and oxygen atoms in total. The highest BCUT2D eigenvalue weighted by molar-refractivity contribution is 6.06. The number of benzene rings is 3. The summed E-state index contributed by atoms with van der Waals surface area (Å²) in [5.41, 5.74) is 4.59. The number of hydrogen-bond donors (Lipinski definition) is 2. The number of rotatable bonds is 7. The van der Waals surface area contributed by atoms with Gasteiger partial charge in [-0.15, -0.1) is 0 Å². The molecule has 37 heavy (non-hydrogen) atoms. The van der Waals surface area contributed by atoms with Crippen molar-refractivity contribution in [1.82, 2.24) is 10.2 Å². The minimum absolute atomic E-state index is 0.191. The average Bonchev–Trinajstić information content (AvgIpc) is 2.93. The summed E-state index contributed by atoms with van der Waals surface area (Å²) in [7, 11) is 0. The maximum absolute atomic E-state index is 13.6. The molecule has 0 aliphatic carbocycles. The van der Waals surface area contributed by atoms with Gasteiger partial charge in [0.25, 0.3) is 11.8 Å². The Labute approximate surface area is 216 Å². The Bertz CT molecular complexity index is 1280. The first-order chi connectivity index (χ1) is 18.1. The van der Waals surface area contributed by atoms with Crippen LogP contribution in [0.25, 0.3) is 0 Å². The van der Waals surface area contributed by atoms with Crippen LogP contribution in [0.4, 0.5) is 15.8 Å². The number of carbonyl (C=O) groups is 2. The van der Waals surface area contributed by atoms with Crippen LogP contribution >= 0.6 is 0 Å². The minimum Gasteiger partial charge on any atom is -0.379 e. The Morgan fingerprint density at radius 3 is 2.51 bits per heavy atom. The third kappa shape index (κ3) is 6.15. The van der Waals surface area contributed by atoms with Gasteiger partial charge >= 0.3 is 0 Å². The lowest BCUT2D eigenvalue weighted by Gasteiger charge is -2.32. The third-order valence-corrected chi connectivity index (χ3v) is 6.87. The van der Waals surface area contributed by atoms with Gasteiger partial charge in [0, 0.05) is 56.2 Å². The van der Waals surface area contributed by atoms with E-state index in [1.54, 1.807) is 18.2 Å². The highest BCUT2D eigenvalue weighted by atomic mass is 19.1. The van der Waals surface area contributed by atoms with Crippen LogP contribution in [-0.4, -0.2) is 62.7 Å². The van der Waals surface area contributed by atoms with Crippen LogP contribution in [0.15, 0.2) is 66.7 Å². The highest BCUT2D eigenvalue weighted by Crippen LogP contribution is 2.30. The summed E-state index contributed by atoms with van der Waals surface area (Å²) in [6.45, 7) is 5.90. The van der Waals surface area contributed by atoms with Gasteiger partial charge in [0.05, 0.1) is 18.8 Å². The van der Waals surface area contributed by atoms with Crippen molar-refractivity contribution in [3.8, 4) is 0 Å². The monoisotopic (exact) mass is 502 g/mol. The maximum Gasteiger partial charge on any atom is 0.255 e. The SMILES string of the molecule is O=C(Nc1ccc(N2CCc3ccccc3C2)c(C(=O)NCCN2CCOCC2)c1)c1cccc(F)c1. The Kier molecular flexibility index (Phi) is 7.77. The van der Waals surface area contributed by atoms with Crippen LogP contribution in [0.2, 0.25) is 0 Å². The van der Waals surface area contributed by atoms with E-state index in [1.165, 1.54) is 29.3 Å². The summed E-state index contributed by atoms with van der Waals surface area (Å²) in [4.78, 5) is 30.6. The molecule has 2 amide bonds. The molecule has 0 spiro atoms. The molecule has 2 aliphatic heterocycles. The molecule has 0 saturated carbocycles. The predicted octanol–water partition coefficient (Wildman–Crippen LogP) is 3.70. The van der Waals surface area contributed by atoms with E-state index < -0.39 is 11.7 Å². The number of hydrogen-bond acceptors (Lipinski definition) is 5. The number of anilines is 2.